The van der Waals surface area contributed by atoms with Crippen molar-refractivity contribution in [2.45, 2.75) is 32.1 Å². The van der Waals surface area contributed by atoms with E-state index in [0.29, 0.717) is 24.2 Å². The van der Waals surface area contributed by atoms with E-state index in [1.54, 1.807) is 16.8 Å². The molecule has 1 aromatic heterocycles. The van der Waals surface area contributed by atoms with Gasteiger partial charge in [0.1, 0.15) is 5.82 Å². The second kappa shape index (κ2) is 7.88. The zero-order chi connectivity index (χ0) is 15.9. The van der Waals surface area contributed by atoms with Crippen LogP contribution in [-0.2, 0) is 17.9 Å². The first-order valence-corrected chi connectivity index (χ1v) is 7.93. The maximum Gasteiger partial charge on any atom is 0.230 e. The molecule has 2 aromatic rings. The van der Waals surface area contributed by atoms with Crippen LogP contribution in [0.3, 0.4) is 0 Å². The number of benzene rings is 1. The minimum Gasteiger partial charge on any atom is -0.351 e. The summed E-state index contributed by atoms with van der Waals surface area (Å²) < 4.78 is 14.5. The molecule has 0 aliphatic rings. The van der Waals surface area contributed by atoms with Crippen molar-refractivity contribution >= 4 is 17.7 Å². The van der Waals surface area contributed by atoms with Gasteiger partial charge in [0.2, 0.25) is 11.1 Å². The number of carbonyl (C=O) groups excluding carboxylic acids is 1. The lowest BCUT2D eigenvalue weighted by Crippen LogP contribution is -2.24. The van der Waals surface area contributed by atoms with E-state index in [4.69, 9.17) is 0 Å². The molecule has 6 nitrogen and oxygen atoms in total. The van der Waals surface area contributed by atoms with Crippen molar-refractivity contribution < 1.29 is 9.18 Å². The summed E-state index contributed by atoms with van der Waals surface area (Å²) in [7, 11) is 0. The lowest BCUT2D eigenvalue weighted by molar-refractivity contribution is -0.118. The first-order valence-electron chi connectivity index (χ1n) is 6.94. The summed E-state index contributed by atoms with van der Waals surface area (Å²) in [6, 6.07) is 6.03. The summed E-state index contributed by atoms with van der Waals surface area (Å²) in [5, 5.41) is 14.9. The Labute approximate surface area is 132 Å². The Bertz CT molecular complexity index is 614. The molecule has 0 saturated heterocycles. The molecule has 0 atom stereocenters. The van der Waals surface area contributed by atoms with Gasteiger partial charge in [0.05, 0.1) is 5.75 Å². The molecule has 2 rings (SSSR count). The predicted octanol–water partition coefficient (Wildman–Crippen LogP) is 1.88. The number of tetrazole rings is 1. The Morgan fingerprint density at radius 3 is 2.77 bits per heavy atom. The normalized spacial score (nSPS) is 10.9. The second-order valence-corrected chi connectivity index (χ2v) is 6.17. The number of hydrogen-bond acceptors (Lipinski definition) is 5. The van der Waals surface area contributed by atoms with E-state index in [0.717, 1.165) is 5.56 Å². The largest absolute Gasteiger partial charge is 0.351 e. The number of hydrogen-bond donors (Lipinski definition) is 1. The van der Waals surface area contributed by atoms with Crippen LogP contribution in [0.5, 0.6) is 0 Å². The molecule has 0 fully saturated rings. The van der Waals surface area contributed by atoms with Gasteiger partial charge < -0.3 is 5.32 Å². The van der Waals surface area contributed by atoms with E-state index in [-0.39, 0.29) is 17.5 Å². The monoisotopic (exact) mass is 323 g/mol. The van der Waals surface area contributed by atoms with Crippen LogP contribution in [0, 0.1) is 11.7 Å². The molecule has 0 saturated carbocycles. The van der Waals surface area contributed by atoms with Gasteiger partial charge in [-0.15, -0.1) is 5.10 Å². The Morgan fingerprint density at radius 1 is 1.36 bits per heavy atom. The summed E-state index contributed by atoms with van der Waals surface area (Å²) in [6.45, 7) is 5.24. The molecule has 118 valence electrons. The third kappa shape index (κ3) is 5.10. The Morgan fingerprint density at radius 2 is 2.09 bits per heavy atom. The van der Waals surface area contributed by atoms with Gasteiger partial charge in [-0.25, -0.2) is 9.07 Å². The zero-order valence-electron chi connectivity index (χ0n) is 12.5. The fourth-order valence-corrected chi connectivity index (χ4v) is 2.46. The summed E-state index contributed by atoms with van der Waals surface area (Å²) in [5.41, 5.74) is 0.851. The van der Waals surface area contributed by atoms with Crippen LogP contribution in [0.25, 0.3) is 0 Å². The van der Waals surface area contributed by atoms with Crippen LogP contribution in [0.1, 0.15) is 19.4 Å². The lowest BCUT2D eigenvalue weighted by Gasteiger charge is -2.07. The van der Waals surface area contributed by atoms with Gasteiger partial charge in [0, 0.05) is 13.1 Å². The van der Waals surface area contributed by atoms with Crippen LogP contribution >= 0.6 is 11.8 Å². The number of nitrogens with one attached hydrogen (secondary N) is 1. The highest BCUT2D eigenvalue weighted by Gasteiger charge is 2.10. The van der Waals surface area contributed by atoms with E-state index in [9.17, 15) is 9.18 Å². The van der Waals surface area contributed by atoms with Gasteiger partial charge in [-0.3, -0.25) is 4.79 Å². The number of halogens is 1. The second-order valence-electron chi connectivity index (χ2n) is 5.23. The summed E-state index contributed by atoms with van der Waals surface area (Å²) in [4.78, 5) is 11.8. The van der Waals surface area contributed by atoms with Gasteiger partial charge in [-0.1, -0.05) is 37.7 Å². The molecule has 1 heterocycles. The van der Waals surface area contributed by atoms with Crippen molar-refractivity contribution in [3.63, 3.8) is 0 Å². The minimum absolute atomic E-state index is 0.117. The quantitative estimate of drug-likeness (QED) is 0.788. The van der Waals surface area contributed by atoms with Crippen LogP contribution in [-0.4, -0.2) is 31.9 Å². The maximum absolute atomic E-state index is 12.8. The molecule has 0 radical (unpaired) electrons. The standard InChI is InChI=1S/C14H18FN5OS/c1-10(2)8-20-14(17-18-19-20)22-9-13(21)16-7-11-3-5-12(15)6-4-11/h3-6,10H,7-9H2,1-2H3,(H,16,21). The van der Waals surface area contributed by atoms with Crippen molar-refractivity contribution in [1.82, 2.24) is 25.5 Å². The van der Waals surface area contributed by atoms with Crippen molar-refractivity contribution in [2.24, 2.45) is 5.92 Å². The van der Waals surface area contributed by atoms with Gasteiger partial charge in [0.15, 0.2) is 0 Å². The highest BCUT2D eigenvalue weighted by molar-refractivity contribution is 7.99. The summed E-state index contributed by atoms with van der Waals surface area (Å²) >= 11 is 1.30. The van der Waals surface area contributed by atoms with Crippen LogP contribution in [0.2, 0.25) is 0 Å². The Balaban J connectivity index is 1.78. The fourth-order valence-electron chi connectivity index (χ4n) is 1.74. The van der Waals surface area contributed by atoms with Crippen molar-refractivity contribution in [3.8, 4) is 0 Å². The average molecular weight is 323 g/mol. The lowest BCUT2D eigenvalue weighted by atomic mass is 10.2. The summed E-state index contributed by atoms with van der Waals surface area (Å²) in [5.74, 6) is 0.255. The van der Waals surface area contributed by atoms with E-state index in [1.807, 2.05) is 0 Å². The molecule has 0 bridgehead atoms. The fraction of sp³-hybridized carbons (Fsp3) is 0.429. The zero-order valence-corrected chi connectivity index (χ0v) is 13.3. The van der Waals surface area contributed by atoms with Crippen LogP contribution in [0.4, 0.5) is 4.39 Å². The highest BCUT2D eigenvalue weighted by atomic mass is 32.2. The molecular formula is C14H18FN5OS. The molecular weight excluding hydrogens is 305 g/mol. The van der Waals surface area contributed by atoms with E-state index in [1.165, 1.54) is 23.9 Å². The number of carbonyl (C=O) groups is 1. The molecule has 0 aliphatic heterocycles. The first kappa shape index (κ1) is 16.4. The molecule has 8 heteroatoms. The third-order valence-corrected chi connectivity index (χ3v) is 3.73. The topological polar surface area (TPSA) is 72.7 Å². The van der Waals surface area contributed by atoms with Crippen molar-refractivity contribution in [3.05, 3.63) is 35.6 Å². The third-order valence-electron chi connectivity index (χ3n) is 2.77. The molecule has 22 heavy (non-hydrogen) atoms. The molecule has 0 aliphatic carbocycles. The van der Waals surface area contributed by atoms with E-state index in [2.05, 4.69) is 34.7 Å². The summed E-state index contributed by atoms with van der Waals surface area (Å²) in [6.07, 6.45) is 0. The highest BCUT2D eigenvalue weighted by Crippen LogP contribution is 2.14. The SMILES string of the molecule is CC(C)Cn1nnnc1SCC(=O)NCc1ccc(F)cc1. The number of rotatable bonds is 7. The number of nitrogens with zero attached hydrogens (tertiary/aromatic N) is 4. The van der Waals surface area contributed by atoms with Crippen LogP contribution in [0.15, 0.2) is 29.4 Å². The molecule has 1 aromatic carbocycles. The van der Waals surface area contributed by atoms with Crippen molar-refractivity contribution in [1.29, 1.82) is 0 Å². The van der Waals surface area contributed by atoms with Gasteiger partial charge in [0.25, 0.3) is 0 Å². The predicted molar refractivity (Wildman–Crippen MR) is 81.6 cm³/mol. The maximum atomic E-state index is 12.8. The smallest absolute Gasteiger partial charge is 0.230 e. The van der Waals surface area contributed by atoms with Gasteiger partial charge >= 0.3 is 0 Å². The molecule has 0 spiro atoms. The van der Waals surface area contributed by atoms with Gasteiger partial charge in [-0.05, 0) is 34.0 Å². The minimum atomic E-state index is -0.289. The number of thioether (sulfide) groups is 1. The van der Waals surface area contributed by atoms with E-state index >= 15 is 0 Å². The Kier molecular flexibility index (Phi) is 5.88. The molecule has 0 unspecified atom stereocenters. The molecule has 1 N–H and O–H groups in total. The van der Waals surface area contributed by atoms with E-state index < -0.39 is 0 Å². The van der Waals surface area contributed by atoms with Crippen LogP contribution < -0.4 is 5.32 Å². The van der Waals surface area contributed by atoms with Crippen molar-refractivity contribution in [2.75, 3.05) is 5.75 Å². The first-order chi connectivity index (χ1) is 10.5. The number of aromatic nitrogens is 4. The number of amides is 1. The van der Waals surface area contributed by atoms with Gasteiger partial charge in [-0.2, -0.15) is 0 Å². The molecule has 1 amide bonds. The Hall–Kier alpha value is -1.96. The average Bonchev–Trinajstić information content (AvgIpc) is 2.91.